The lowest BCUT2D eigenvalue weighted by Gasteiger charge is -2.37. The smallest absolute Gasteiger partial charge is 0.320 e. The first-order valence-electron chi connectivity index (χ1n) is 7.15. The summed E-state index contributed by atoms with van der Waals surface area (Å²) in [5, 5.41) is 9.23. The third-order valence-electron chi connectivity index (χ3n) is 3.87. The number of hydrogen-bond donors (Lipinski definition) is 1. The third kappa shape index (κ3) is 4.66. The molecular weight excluding hydrogens is 214 g/mol. The fourth-order valence-electron chi connectivity index (χ4n) is 2.78. The molecule has 0 bridgehead atoms. The normalized spacial score (nSPS) is 23.5. The molecule has 0 aromatic heterocycles. The van der Waals surface area contributed by atoms with Crippen LogP contribution in [-0.2, 0) is 4.79 Å². The summed E-state index contributed by atoms with van der Waals surface area (Å²) in [5.41, 5.74) is 0. The van der Waals surface area contributed by atoms with Gasteiger partial charge in [-0.3, -0.25) is 9.69 Å². The molecule has 0 saturated carbocycles. The molecule has 0 spiro atoms. The van der Waals surface area contributed by atoms with Crippen molar-refractivity contribution in [3.63, 3.8) is 0 Å². The highest BCUT2D eigenvalue weighted by Crippen LogP contribution is 2.22. The minimum atomic E-state index is -0.634. The second kappa shape index (κ2) is 7.70. The van der Waals surface area contributed by atoms with E-state index in [1.165, 1.54) is 25.7 Å². The molecule has 2 atom stereocenters. The van der Waals surface area contributed by atoms with Gasteiger partial charge in [-0.1, -0.05) is 39.0 Å². The zero-order valence-electron chi connectivity index (χ0n) is 11.3. The van der Waals surface area contributed by atoms with Gasteiger partial charge < -0.3 is 5.11 Å². The first-order chi connectivity index (χ1) is 8.16. The van der Waals surface area contributed by atoms with Crippen LogP contribution in [0.2, 0.25) is 0 Å². The van der Waals surface area contributed by atoms with Crippen LogP contribution >= 0.6 is 0 Å². The minimum absolute atomic E-state index is 0.232. The molecule has 1 aliphatic heterocycles. The van der Waals surface area contributed by atoms with Gasteiger partial charge in [0.15, 0.2) is 0 Å². The molecule has 2 unspecified atom stereocenters. The number of nitrogens with zero attached hydrogens (tertiary/aromatic N) is 1. The number of rotatable bonds is 7. The van der Waals surface area contributed by atoms with Crippen molar-refractivity contribution in [2.24, 2.45) is 0 Å². The maximum absolute atomic E-state index is 11.2. The van der Waals surface area contributed by atoms with Crippen LogP contribution in [-0.4, -0.2) is 34.6 Å². The highest BCUT2D eigenvalue weighted by Gasteiger charge is 2.31. The van der Waals surface area contributed by atoms with E-state index in [9.17, 15) is 9.90 Å². The standard InChI is InChI=1S/C14H27NO2/c1-3-4-5-6-9-12(2)15-11-8-7-10-13(15)14(16)17/h12-13H,3-11H2,1-2H3,(H,16,17). The first-order valence-corrected chi connectivity index (χ1v) is 7.15. The third-order valence-corrected chi connectivity index (χ3v) is 3.87. The summed E-state index contributed by atoms with van der Waals surface area (Å²) in [6.45, 7) is 5.37. The number of carbonyl (C=O) groups is 1. The second-order valence-corrected chi connectivity index (χ2v) is 5.29. The van der Waals surface area contributed by atoms with Crippen LogP contribution in [0.3, 0.4) is 0 Å². The molecular formula is C14H27NO2. The van der Waals surface area contributed by atoms with Crippen LogP contribution in [0.4, 0.5) is 0 Å². The van der Waals surface area contributed by atoms with Crippen molar-refractivity contribution >= 4 is 5.97 Å². The summed E-state index contributed by atoms with van der Waals surface area (Å²) in [7, 11) is 0. The Bertz CT molecular complexity index is 230. The molecule has 0 amide bonds. The SMILES string of the molecule is CCCCCCC(C)N1CCCCC1C(=O)O. The van der Waals surface area contributed by atoms with E-state index in [-0.39, 0.29) is 6.04 Å². The molecule has 1 rings (SSSR count). The molecule has 17 heavy (non-hydrogen) atoms. The van der Waals surface area contributed by atoms with E-state index in [0.29, 0.717) is 6.04 Å². The predicted molar refractivity (Wildman–Crippen MR) is 70.2 cm³/mol. The van der Waals surface area contributed by atoms with Crippen molar-refractivity contribution in [3.8, 4) is 0 Å². The highest BCUT2D eigenvalue weighted by atomic mass is 16.4. The molecule has 100 valence electrons. The number of carboxylic acids is 1. The van der Waals surface area contributed by atoms with Crippen molar-refractivity contribution in [2.75, 3.05) is 6.54 Å². The van der Waals surface area contributed by atoms with Crippen molar-refractivity contribution in [1.29, 1.82) is 0 Å². The van der Waals surface area contributed by atoms with Crippen molar-refractivity contribution in [2.45, 2.75) is 77.3 Å². The average molecular weight is 241 g/mol. The number of likely N-dealkylation sites (tertiary alicyclic amines) is 1. The molecule has 3 nitrogen and oxygen atoms in total. The topological polar surface area (TPSA) is 40.5 Å². The van der Waals surface area contributed by atoms with Crippen molar-refractivity contribution in [3.05, 3.63) is 0 Å². The molecule has 1 fully saturated rings. The van der Waals surface area contributed by atoms with Gasteiger partial charge >= 0.3 is 5.97 Å². The maximum Gasteiger partial charge on any atom is 0.320 e. The van der Waals surface area contributed by atoms with Crippen LogP contribution in [0.15, 0.2) is 0 Å². The van der Waals surface area contributed by atoms with Crippen molar-refractivity contribution < 1.29 is 9.90 Å². The van der Waals surface area contributed by atoms with E-state index in [0.717, 1.165) is 32.2 Å². The molecule has 0 aromatic carbocycles. The molecule has 0 aromatic rings. The zero-order chi connectivity index (χ0) is 12.7. The number of piperidine rings is 1. The summed E-state index contributed by atoms with van der Waals surface area (Å²) < 4.78 is 0. The minimum Gasteiger partial charge on any atom is -0.480 e. The summed E-state index contributed by atoms with van der Waals surface area (Å²) in [6.07, 6.45) is 9.27. The lowest BCUT2D eigenvalue weighted by molar-refractivity contribution is -0.145. The van der Waals surface area contributed by atoms with Gasteiger partial charge in [0.05, 0.1) is 0 Å². The van der Waals surface area contributed by atoms with Gasteiger partial charge in [-0.15, -0.1) is 0 Å². The quantitative estimate of drug-likeness (QED) is 0.695. The van der Waals surface area contributed by atoms with Crippen LogP contribution in [0.25, 0.3) is 0 Å². The van der Waals surface area contributed by atoms with Gasteiger partial charge in [-0.2, -0.15) is 0 Å². The number of carboxylic acid groups (broad SMARTS) is 1. The van der Waals surface area contributed by atoms with Crippen LogP contribution in [0, 0.1) is 0 Å². The van der Waals surface area contributed by atoms with Crippen molar-refractivity contribution in [1.82, 2.24) is 4.90 Å². The Morgan fingerprint density at radius 1 is 1.35 bits per heavy atom. The first kappa shape index (κ1) is 14.5. The molecule has 3 heteroatoms. The number of aliphatic carboxylic acids is 1. The molecule has 0 radical (unpaired) electrons. The fourth-order valence-corrected chi connectivity index (χ4v) is 2.78. The Hall–Kier alpha value is -0.570. The predicted octanol–water partition coefficient (Wildman–Crippen LogP) is 3.28. The van der Waals surface area contributed by atoms with E-state index >= 15 is 0 Å². The van der Waals surface area contributed by atoms with E-state index in [1.54, 1.807) is 0 Å². The van der Waals surface area contributed by atoms with Gasteiger partial charge in [-0.05, 0) is 32.7 Å². The molecule has 1 saturated heterocycles. The van der Waals surface area contributed by atoms with Crippen LogP contribution < -0.4 is 0 Å². The Balaban J connectivity index is 2.36. The van der Waals surface area contributed by atoms with Gasteiger partial charge in [0.25, 0.3) is 0 Å². The van der Waals surface area contributed by atoms with Gasteiger partial charge in [0.1, 0.15) is 6.04 Å². The lowest BCUT2D eigenvalue weighted by atomic mass is 9.98. The monoisotopic (exact) mass is 241 g/mol. The van der Waals surface area contributed by atoms with Gasteiger partial charge in [0, 0.05) is 6.04 Å². The number of unbranched alkanes of at least 4 members (excludes halogenated alkanes) is 3. The van der Waals surface area contributed by atoms with E-state index < -0.39 is 5.97 Å². The zero-order valence-corrected chi connectivity index (χ0v) is 11.3. The van der Waals surface area contributed by atoms with E-state index in [2.05, 4.69) is 18.7 Å². The Morgan fingerprint density at radius 3 is 2.76 bits per heavy atom. The molecule has 0 aliphatic carbocycles. The fraction of sp³-hybridized carbons (Fsp3) is 0.929. The average Bonchev–Trinajstić information content (AvgIpc) is 2.34. The molecule has 1 heterocycles. The summed E-state index contributed by atoms with van der Waals surface area (Å²) in [4.78, 5) is 13.4. The summed E-state index contributed by atoms with van der Waals surface area (Å²) >= 11 is 0. The van der Waals surface area contributed by atoms with E-state index in [1.807, 2.05) is 0 Å². The highest BCUT2D eigenvalue weighted by molar-refractivity contribution is 5.73. The lowest BCUT2D eigenvalue weighted by Crippen LogP contribution is -2.49. The Morgan fingerprint density at radius 2 is 2.12 bits per heavy atom. The van der Waals surface area contributed by atoms with Gasteiger partial charge in [0.2, 0.25) is 0 Å². The Kier molecular flexibility index (Phi) is 6.56. The van der Waals surface area contributed by atoms with Gasteiger partial charge in [-0.25, -0.2) is 0 Å². The molecule has 1 aliphatic rings. The molecule has 1 N–H and O–H groups in total. The van der Waals surface area contributed by atoms with E-state index in [4.69, 9.17) is 0 Å². The second-order valence-electron chi connectivity index (χ2n) is 5.29. The van der Waals surface area contributed by atoms with Crippen LogP contribution in [0.1, 0.15) is 65.2 Å². The maximum atomic E-state index is 11.2. The largest absolute Gasteiger partial charge is 0.480 e. The summed E-state index contributed by atoms with van der Waals surface area (Å²) in [5.74, 6) is -0.634. The Labute approximate surface area is 105 Å². The van der Waals surface area contributed by atoms with Crippen LogP contribution in [0.5, 0.6) is 0 Å². The number of hydrogen-bond acceptors (Lipinski definition) is 2. The summed E-state index contributed by atoms with van der Waals surface area (Å²) in [6, 6.07) is 0.193.